The van der Waals surface area contributed by atoms with Crippen LogP contribution in [0.2, 0.25) is 0 Å². The molecule has 0 aromatic heterocycles. The van der Waals surface area contributed by atoms with Crippen molar-refractivity contribution in [3.8, 4) is 0 Å². The van der Waals surface area contributed by atoms with Crippen LogP contribution < -0.4 is 5.73 Å². The third kappa shape index (κ3) is 3.99. The quantitative estimate of drug-likeness (QED) is 0.904. The zero-order valence-corrected chi connectivity index (χ0v) is 13.5. The molecule has 3 atom stereocenters. The highest BCUT2D eigenvalue weighted by atomic mass is 32.2. The van der Waals surface area contributed by atoms with Gasteiger partial charge in [0.15, 0.2) is 0 Å². The van der Waals surface area contributed by atoms with Gasteiger partial charge in [0.2, 0.25) is 5.91 Å². The molecular formula is C16H24N2O2S. The molecule has 0 radical (unpaired) electrons. The SMILES string of the molecule is COC(CN)CC(=O)N1CCSC(C)C1c1ccccc1. The molecule has 1 aliphatic rings. The molecule has 4 nitrogen and oxygen atoms in total. The normalized spacial score (nSPS) is 23.9. The smallest absolute Gasteiger partial charge is 0.225 e. The summed E-state index contributed by atoms with van der Waals surface area (Å²) >= 11 is 1.92. The van der Waals surface area contributed by atoms with Crippen LogP contribution in [0.25, 0.3) is 0 Å². The van der Waals surface area contributed by atoms with Crippen molar-refractivity contribution in [1.29, 1.82) is 0 Å². The molecule has 1 heterocycles. The zero-order valence-electron chi connectivity index (χ0n) is 12.7. The van der Waals surface area contributed by atoms with E-state index in [-0.39, 0.29) is 18.1 Å². The molecule has 1 fully saturated rings. The van der Waals surface area contributed by atoms with Crippen molar-refractivity contribution in [2.45, 2.75) is 30.7 Å². The average molecular weight is 308 g/mol. The summed E-state index contributed by atoms with van der Waals surface area (Å²) in [5, 5.41) is 0.393. The van der Waals surface area contributed by atoms with Crippen LogP contribution in [0.1, 0.15) is 24.9 Å². The summed E-state index contributed by atoms with van der Waals surface area (Å²) in [6.45, 7) is 3.35. The summed E-state index contributed by atoms with van der Waals surface area (Å²) in [4.78, 5) is 14.6. The summed E-state index contributed by atoms with van der Waals surface area (Å²) < 4.78 is 5.25. The predicted octanol–water partition coefficient (Wildman–Crippen LogP) is 2.06. The highest BCUT2D eigenvalue weighted by molar-refractivity contribution is 8.00. The monoisotopic (exact) mass is 308 g/mol. The lowest BCUT2D eigenvalue weighted by Crippen LogP contribution is -2.45. The molecule has 3 unspecified atom stereocenters. The number of benzene rings is 1. The van der Waals surface area contributed by atoms with E-state index in [0.29, 0.717) is 18.2 Å². The standard InChI is InChI=1S/C16H24N2O2S/c1-12-16(13-6-4-3-5-7-13)18(8-9-21-12)15(19)10-14(11-17)20-2/h3-7,12,14,16H,8-11,17H2,1-2H3. The number of ether oxygens (including phenoxy) is 1. The van der Waals surface area contributed by atoms with Crippen molar-refractivity contribution < 1.29 is 9.53 Å². The average Bonchev–Trinajstić information content (AvgIpc) is 2.53. The van der Waals surface area contributed by atoms with E-state index >= 15 is 0 Å². The lowest BCUT2D eigenvalue weighted by atomic mass is 10.0. The highest BCUT2D eigenvalue weighted by Crippen LogP contribution is 2.36. The minimum atomic E-state index is -0.196. The number of hydrogen-bond acceptors (Lipinski definition) is 4. The molecule has 0 saturated carbocycles. The molecule has 2 N–H and O–H groups in total. The van der Waals surface area contributed by atoms with Crippen molar-refractivity contribution >= 4 is 17.7 Å². The molecule has 1 saturated heterocycles. The summed E-state index contributed by atoms with van der Waals surface area (Å²) in [6, 6.07) is 10.4. The first-order valence-electron chi connectivity index (χ1n) is 7.36. The fourth-order valence-corrected chi connectivity index (χ4v) is 3.94. The number of nitrogens with zero attached hydrogens (tertiary/aromatic N) is 1. The maximum Gasteiger partial charge on any atom is 0.225 e. The van der Waals surface area contributed by atoms with Crippen LogP contribution in [-0.2, 0) is 9.53 Å². The molecule has 1 aromatic rings. The fourth-order valence-electron chi connectivity index (χ4n) is 2.78. The minimum absolute atomic E-state index is 0.132. The number of nitrogens with two attached hydrogens (primary N) is 1. The van der Waals surface area contributed by atoms with Gasteiger partial charge in [-0.3, -0.25) is 4.79 Å². The minimum Gasteiger partial charge on any atom is -0.380 e. The number of thioether (sulfide) groups is 1. The molecule has 0 aliphatic carbocycles. The first-order chi connectivity index (χ1) is 10.2. The van der Waals surface area contributed by atoms with Crippen LogP contribution >= 0.6 is 11.8 Å². The first-order valence-corrected chi connectivity index (χ1v) is 8.41. The lowest BCUT2D eigenvalue weighted by Gasteiger charge is -2.40. The van der Waals surface area contributed by atoms with Gasteiger partial charge in [-0.1, -0.05) is 37.3 Å². The van der Waals surface area contributed by atoms with Crippen molar-refractivity contribution in [2.24, 2.45) is 5.73 Å². The van der Waals surface area contributed by atoms with Gasteiger partial charge in [0, 0.05) is 31.2 Å². The predicted molar refractivity (Wildman–Crippen MR) is 87.3 cm³/mol. The van der Waals surface area contributed by atoms with Crippen molar-refractivity contribution in [2.75, 3.05) is 26.0 Å². The van der Waals surface area contributed by atoms with Gasteiger partial charge in [0.05, 0.1) is 18.6 Å². The van der Waals surface area contributed by atoms with Crippen molar-refractivity contribution in [3.05, 3.63) is 35.9 Å². The number of hydrogen-bond donors (Lipinski definition) is 1. The Kier molecular flexibility index (Phi) is 6.08. The molecule has 1 aromatic carbocycles. The Morgan fingerprint density at radius 2 is 2.19 bits per heavy atom. The van der Waals surface area contributed by atoms with Crippen LogP contribution in [0.5, 0.6) is 0 Å². The number of methoxy groups -OCH3 is 1. The fraction of sp³-hybridized carbons (Fsp3) is 0.562. The van der Waals surface area contributed by atoms with E-state index in [4.69, 9.17) is 10.5 Å². The molecule has 116 valence electrons. The second-order valence-electron chi connectivity index (χ2n) is 5.32. The largest absolute Gasteiger partial charge is 0.380 e. The third-order valence-corrected chi connectivity index (χ3v) is 5.16. The molecule has 5 heteroatoms. The van der Waals surface area contributed by atoms with E-state index in [1.54, 1.807) is 7.11 Å². The van der Waals surface area contributed by atoms with E-state index in [2.05, 4.69) is 19.1 Å². The van der Waals surface area contributed by atoms with Crippen LogP contribution in [0.3, 0.4) is 0 Å². The van der Waals surface area contributed by atoms with Gasteiger partial charge in [-0.05, 0) is 5.56 Å². The van der Waals surface area contributed by atoms with Gasteiger partial charge in [-0.15, -0.1) is 0 Å². The van der Waals surface area contributed by atoms with E-state index in [1.165, 1.54) is 5.56 Å². The van der Waals surface area contributed by atoms with Gasteiger partial charge in [-0.2, -0.15) is 11.8 Å². The Morgan fingerprint density at radius 1 is 1.48 bits per heavy atom. The van der Waals surface area contributed by atoms with Gasteiger partial charge in [0.25, 0.3) is 0 Å². The maximum absolute atomic E-state index is 12.6. The summed E-state index contributed by atoms with van der Waals surface area (Å²) in [6.07, 6.45) is 0.159. The third-order valence-electron chi connectivity index (χ3n) is 3.95. The Hall–Kier alpha value is -1.04. The Morgan fingerprint density at radius 3 is 2.81 bits per heavy atom. The topological polar surface area (TPSA) is 55.6 Å². The molecule has 0 bridgehead atoms. The molecular weight excluding hydrogens is 284 g/mol. The number of amides is 1. The van der Waals surface area contributed by atoms with E-state index < -0.39 is 0 Å². The van der Waals surface area contributed by atoms with Gasteiger partial charge >= 0.3 is 0 Å². The lowest BCUT2D eigenvalue weighted by molar-refractivity contribution is -0.136. The number of carbonyl (C=O) groups excluding carboxylic acids is 1. The summed E-state index contributed by atoms with van der Waals surface area (Å²) in [5.74, 6) is 1.12. The Balaban J connectivity index is 2.16. The Labute approximate surface area is 131 Å². The highest BCUT2D eigenvalue weighted by Gasteiger charge is 2.33. The van der Waals surface area contributed by atoms with Gasteiger partial charge in [0.1, 0.15) is 0 Å². The van der Waals surface area contributed by atoms with Crippen molar-refractivity contribution in [3.63, 3.8) is 0 Å². The summed E-state index contributed by atoms with van der Waals surface area (Å²) in [7, 11) is 1.61. The van der Waals surface area contributed by atoms with Crippen LogP contribution in [0, 0.1) is 0 Å². The van der Waals surface area contributed by atoms with Crippen LogP contribution in [0.4, 0.5) is 0 Å². The van der Waals surface area contributed by atoms with E-state index in [9.17, 15) is 4.79 Å². The van der Waals surface area contributed by atoms with E-state index in [1.807, 2.05) is 34.9 Å². The van der Waals surface area contributed by atoms with Gasteiger partial charge in [-0.25, -0.2) is 0 Å². The van der Waals surface area contributed by atoms with Crippen LogP contribution in [0.15, 0.2) is 30.3 Å². The zero-order chi connectivity index (χ0) is 15.2. The van der Waals surface area contributed by atoms with Gasteiger partial charge < -0.3 is 15.4 Å². The number of rotatable bonds is 5. The summed E-state index contributed by atoms with van der Waals surface area (Å²) in [5.41, 5.74) is 6.84. The Bertz CT molecular complexity index is 451. The molecule has 1 amide bonds. The molecule has 2 rings (SSSR count). The second-order valence-corrected chi connectivity index (χ2v) is 6.80. The van der Waals surface area contributed by atoms with Crippen LogP contribution in [-0.4, -0.2) is 48.1 Å². The second kappa shape index (κ2) is 7.82. The number of carbonyl (C=O) groups is 1. The maximum atomic E-state index is 12.6. The molecule has 0 spiro atoms. The van der Waals surface area contributed by atoms with Crippen molar-refractivity contribution in [1.82, 2.24) is 4.90 Å². The van der Waals surface area contributed by atoms with E-state index in [0.717, 1.165) is 12.3 Å². The molecule has 1 aliphatic heterocycles. The molecule has 21 heavy (non-hydrogen) atoms. The first kappa shape index (κ1) is 16.3.